The number of nitrogens with one attached hydrogen (secondary N) is 2. The maximum atomic E-state index is 11.8. The maximum absolute atomic E-state index is 11.8. The van der Waals surface area contributed by atoms with Gasteiger partial charge in [0.05, 0.1) is 0 Å². The lowest BCUT2D eigenvalue weighted by Gasteiger charge is -2.27. The molecule has 3 atom stereocenters. The van der Waals surface area contributed by atoms with Gasteiger partial charge in [-0.1, -0.05) is 19.8 Å². The highest BCUT2D eigenvalue weighted by atomic mass is 32.2. The van der Waals surface area contributed by atoms with Crippen molar-refractivity contribution >= 4 is 23.8 Å². The number of carbonyl (C=O) groups excluding carboxylic acids is 1. The Balaban J connectivity index is 2.28. The fourth-order valence-corrected chi connectivity index (χ4v) is 3.16. The van der Waals surface area contributed by atoms with Gasteiger partial charge in [-0.05, 0) is 43.1 Å². The predicted molar refractivity (Wildman–Crippen MR) is 82.1 cm³/mol. The van der Waals surface area contributed by atoms with Crippen LogP contribution in [0.2, 0.25) is 0 Å². The van der Waals surface area contributed by atoms with Crippen molar-refractivity contribution in [1.82, 2.24) is 10.6 Å². The Bertz CT molecular complexity index is 326. The van der Waals surface area contributed by atoms with Gasteiger partial charge >= 0.3 is 12.0 Å². The Labute approximate surface area is 125 Å². The van der Waals surface area contributed by atoms with E-state index in [9.17, 15) is 9.59 Å². The first kappa shape index (κ1) is 17.1. The quantitative estimate of drug-likeness (QED) is 0.674. The number of hydrogen-bond donors (Lipinski definition) is 3. The molecule has 1 fully saturated rings. The number of carbonyl (C=O) groups is 2. The Morgan fingerprint density at radius 2 is 2.15 bits per heavy atom. The van der Waals surface area contributed by atoms with E-state index in [2.05, 4.69) is 17.6 Å². The SMILES string of the molecule is CSCC[C@H](NC(=O)NCC1CCCC(C)C1)C(=O)O. The predicted octanol–water partition coefficient (Wildman–Crippen LogP) is 2.32. The van der Waals surface area contributed by atoms with E-state index >= 15 is 0 Å². The van der Waals surface area contributed by atoms with E-state index in [0.29, 0.717) is 18.9 Å². The molecule has 2 amide bonds. The molecule has 0 aromatic rings. The molecule has 1 rings (SSSR count). The molecule has 5 nitrogen and oxygen atoms in total. The van der Waals surface area contributed by atoms with Crippen molar-refractivity contribution in [3.8, 4) is 0 Å². The fourth-order valence-electron chi connectivity index (χ4n) is 2.68. The Kier molecular flexibility index (Phi) is 7.80. The highest BCUT2D eigenvalue weighted by Gasteiger charge is 2.22. The summed E-state index contributed by atoms with van der Waals surface area (Å²) in [5.74, 6) is 1.00. The van der Waals surface area contributed by atoms with E-state index in [4.69, 9.17) is 5.11 Å². The van der Waals surface area contributed by atoms with Crippen LogP contribution in [0.25, 0.3) is 0 Å². The molecule has 1 aliphatic carbocycles. The van der Waals surface area contributed by atoms with Gasteiger partial charge in [-0.25, -0.2) is 9.59 Å². The Hall–Kier alpha value is -0.910. The summed E-state index contributed by atoms with van der Waals surface area (Å²) in [7, 11) is 0. The zero-order valence-electron chi connectivity index (χ0n) is 12.4. The van der Waals surface area contributed by atoms with Crippen LogP contribution in [0.15, 0.2) is 0 Å². The lowest BCUT2D eigenvalue weighted by Crippen LogP contribution is -2.47. The van der Waals surface area contributed by atoms with Crippen LogP contribution in [-0.4, -0.2) is 41.7 Å². The number of carboxylic acid groups (broad SMARTS) is 1. The summed E-state index contributed by atoms with van der Waals surface area (Å²) in [6.45, 7) is 2.89. The van der Waals surface area contributed by atoms with Gasteiger partial charge in [0, 0.05) is 6.54 Å². The third kappa shape index (κ3) is 6.50. The highest BCUT2D eigenvalue weighted by Crippen LogP contribution is 2.27. The summed E-state index contributed by atoms with van der Waals surface area (Å²) in [5, 5.41) is 14.4. The number of amides is 2. The van der Waals surface area contributed by atoms with Crippen LogP contribution >= 0.6 is 11.8 Å². The zero-order chi connectivity index (χ0) is 15.0. The molecule has 0 radical (unpaired) electrons. The molecule has 0 heterocycles. The van der Waals surface area contributed by atoms with Gasteiger partial charge in [0.2, 0.25) is 0 Å². The van der Waals surface area contributed by atoms with Gasteiger partial charge in [0.25, 0.3) is 0 Å². The molecule has 0 spiro atoms. The van der Waals surface area contributed by atoms with Crippen LogP contribution in [0.3, 0.4) is 0 Å². The first-order valence-electron chi connectivity index (χ1n) is 7.29. The summed E-state index contributed by atoms with van der Waals surface area (Å²) >= 11 is 1.58. The molecular weight excluding hydrogens is 276 g/mol. The van der Waals surface area contributed by atoms with E-state index in [0.717, 1.165) is 24.5 Å². The molecular formula is C14H26N2O3S. The van der Waals surface area contributed by atoms with Crippen LogP contribution in [-0.2, 0) is 4.79 Å². The number of carboxylic acids is 1. The minimum absolute atomic E-state index is 0.364. The topological polar surface area (TPSA) is 78.4 Å². The number of urea groups is 1. The lowest BCUT2D eigenvalue weighted by atomic mass is 9.82. The Morgan fingerprint density at radius 3 is 2.75 bits per heavy atom. The van der Waals surface area contributed by atoms with E-state index in [-0.39, 0.29) is 6.03 Å². The van der Waals surface area contributed by atoms with Crippen molar-refractivity contribution < 1.29 is 14.7 Å². The second kappa shape index (κ2) is 9.10. The number of rotatable bonds is 7. The van der Waals surface area contributed by atoms with Gasteiger partial charge < -0.3 is 15.7 Å². The van der Waals surface area contributed by atoms with Crippen LogP contribution in [0.1, 0.15) is 39.0 Å². The molecule has 3 N–H and O–H groups in total. The van der Waals surface area contributed by atoms with Crippen molar-refractivity contribution in [3.63, 3.8) is 0 Å². The smallest absolute Gasteiger partial charge is 0.326 e. The largest absolute Gasteiger partial charge is 0.480 e. The van der Waals surface area contributed by atoms with Crippen molar-refractivity contribution in [2.75, 3.05) is 18.6 Å². The van der Waals surface area contributed by atoms with Crippen molar-refractivity contribution in [2.24, 2.45) is 11.8 Å². The normalized spacial score (nSPS) is 23.9. The molecule has 0 saturated heterocycles. The van der Waals surface area contributed by atoms with Gasteiger partial charge in [-0.15, -0.1) is 0 Å². The van der Waals surface area contributed by atoms with Crippen LogP contribution in [0.4, 0.5) is 4.79 Å². The molecule has 20 heavy (non-hydrogen) atoms. The highest BCUT2D eigenvalue weighted by molar-refractivity contribution is 7.98. The molecule has 6 heteroatoms. The van der Waals surface area contributed by atoms with Crippen molar-refractivity contribution in [3.05, 3.63) is 0 Å². The summed E-state index contributed by atoms with van der Waals surface area (Å²) < 4.78 is 0. The molecule has 0 bridgehead atoms. The van der Waals surface area contributed by atoms with E-state index in [1.165, 1.54) is 12.8 Å². The number of hydrogen-bond acceptors (Lipinski definition) is 3. The molecule has 1 aliphatic rings. The van der Waals surface area contributed by atoms with Gasteiger partial charge in [0.15, 0.2) is 0 Å². The Morgan fingerprint density at radius 1 is 1.40 bits per heavy atom. The number of thioether (sulfide) groups is 1. The molecule has 0 aromatic carbocycles. The molecule has 1 saturated carbocycles. The first-order valence-corrected chi connectivity index (χ1v) is 8.68. The standard InChI is InChI=1S/C14H26N2O3S/c1-10-4-3-5-11(8-10)9-15-14(19)16-12(13(17)18)6-7-20-2/h10-12H,3-9H2,1-2H3,(H,17,18)(H2,15,16,19)/t10?,11?,12-/m0/s1. The fraction of sp³-hybridized carbons (Fsp3) is 0.857. The molecule has 0 aliphatic heterocycles. The van der Waals surface area contributed by atoms with Crippen molar-refractivity contribution in [1.29, 1.82) is 0 Å². The van der Waals surface area contributed by atoms with Crippen LogP contribution in [0.5, 0.6) is 0 Å². The molecule has 2 unspecified atom stereocenters. The monoisotopic (exact) mass is 302 g/mol. The first-order chi connectivity index (χ1) is 9.52. The zero-order valence-corrected chi connectivity index (χ0v) is 13.2. The number of aliphatic carboxylic acids is 1. The lowest BCUT2D eigenvalue weighted by molar-refractivity contribution is -0.139. The maximum Gasteiger partial charge on any atom is 0.326 e. The third-order valence-corrected chi connectivity index (χ3v) is 4.45. The summed E-state index contributed by atoms with van der Waals surface area (Å²) in [4.78, 5) is 22.8. The second-order valence-electron chi connectivity index (χ2n) is 5.66. The van der Waals surface area contributed by atoms with Crippen LogP contribution in [0, 0.1) is 11.8 Å². The minimum atomic E-state index is -0.972. The molecule has 116 valence electrons. The van der Waals surface area contributed by atoms with E-state index < -0.39 is 12.0 Å². The van der Waals surface area contributed by atoms with E-state index in [1.54, 1.807) is 11.8 Å². The summed E-state index contributed by atoms with van der Waals surface area (Å²) in [6.07, 6.45) is 7.17. The van der Waals surface area contributed by atoms with E-state index in [1.807, 2.05) is 6.26 Å². The van der Waals surface area contributed by atoms with Crippen molar-refractivity contribution in [2.45, 2.75) is 45.1 Å². The minimum Gasteiger partial charge on any atom is -0.480 e. The van der Waals surface area contributed by atoms with Gasteiger partial charge in [0.1, 0.15) is 6.04 Å². The molecule has 0 aromatic heterocycles. The third-order valence-electron chi connectivity index (χ3n) is 3.81. The average Bonchev–Trinajstić information content (AvgIpc) is 2.41. The second-order valence-corrected chi connectivity index (χ2v) is 6.65. The van der Waals surface area contributed by atoms with Crippen LogP contribution < -0.4 is 10.6 Å². The average molecular weight is 302 g/mol. The van der Waals surface area contributed by atoms with Gasteiger partial charge in [-0.3, -0.25) is 0 Å². The van der Waals surface area contributed by atoms with Gasteiger partial charge in [-0.2, -0.15) is 11.8 Å². The summed E-state index contributed by atoms with van der Waals surface area (Å²) in [6, 6.07) is -1.16. The summed E-state index contributed by atoms with van der Waals surface area (Å²) in [5.41, 5.74) is 0.